The molecule has 106 valence electrons. The number of anilines is 1. The molecule has 2 rings (SSSR count). The number of ether oxygens (including phenoxy) is 1. The van der Waals surface area contributed by atoms with Crippen LogP contribution in [0.2, 0.25) is 0 Å². The summed E-state index contributed by atoms with van der Waals surface area (Å²) in [4.78, 5) is 11.2. The molecule has 0 saturated heterocycles. The number of rotatable bonds is 8. The van der Waals surface area contributed by atoms with Crippen molar-refractivity contribution in [1.82, 2.24) is 15.3 Å². The van der Waals surface area contributed by atoms with Gasteiger partial charge in [-0.25, -0.2) is 9.97 Å². The Kier molecular flexibility index (Phi) is 5.10. The maximum atomic E-state index is 5.15. The van der Waals surface area contributed by atoms with Gasteiger partial charge in [0.15, 0.2) is 0 Å². The zero-order valence-electron chi connectivity index (χ0n) is 12.1. The molecule has 1 fully saturated rings. The molecule has 1 aliphatic rings. The van der Waals surface area contributed by atoms with Gasteiger partial charge < -0.3 is 15.0 Å². The normalized spacial score (nSPS) is 14.9. The number of hydrogen-bond donors (Lipinski definition) is 1. The lowest BCUT2D eigenvalue weighted by Crippen LogP contribution is -2.31. The second kappa shape index (κ2) is 6.82. The summed E-state index contributed by atoms with van der Waals surface area (Å²) in [5, 5.41) is 3.37. The quantitative estimate of drug-likeness (QED) is 0.772. The van der Waals surface area contributed by atoms with E-state index in [1.54, 1.807) is 7.11 Å². The molecule has 19 heavy (non-hydrogen) atoms. The van der Waals surface area contributed by atoms with E-state index in [1.165, 1.54) is 12.8 Å². The molecule has 1 saturated carbocycles. The van der Waals surface area contributed by atoms with Crippen LogP contribution in [0.3, 0.4) is 0 Å². The first kappa shape index (κ1) is 14.2. The summed E-state index contributed by atoms with van der Waals surface area (Å²) in [6.07, 6.45) is 6.31. The fourth-order valence-corrected chi connectivity index (χ4v) is 1.93. The van der Waals surface area contributed by atoms with E-state index < -0.39 is 0 Å². The van der Waals surface area contributed by atoms with Crippen LogP contribution in [-0.2, 0) is 11.3 Å². The maximum Gasteiger partial charge on any atom is 0.225 e. The van der Waals surface area contributed by atoms with Crippen molar-refractivity contribution >= 4 is 5.95 Å². The summed E-state index contributed by atoms with van der Waals surface area (Å²) in [6, 6.07) is 1.08. The Labute approximate surface area is 115 Å². The van der Waals surface area contributed by atoms with Crippen LogP contribution in [0.5, 0.6) is 0 Å². The minimum Gasteiger partial charge on any atom is -0.383 e. The van der Waals surface area contributed by atoms with Crippen LogP contribution in [0.1, 0.15) is 32.3 Å². The highest BCUT2D eigenvalue weighted by molar-refractivity contribution is 5.34. The molecule has 0 aromatic carbocycles. The third-order valence-corrected chi connectivity index (χ3v) is 3.19. The molecule has 0 spiro atoms. The number of hydrogen-bond acceptors (Lipinski definition) is 5. The van der Waals surface area contributed by atoms with E-state index in [-0.39, 0.29) is 0 Å². The fraction of sp³-hybridized carbons (Fsp3) is 0.714. The molecule has 0 aliphatic heterocycles. The van der Waals surface area contributed by atoms with Gasteiger partial charge in [-0.2, -0.15) is 0 Å². The molecule has 1 N–H and O–H groups in total. The van der Waals surface area contributed by atoms with Crippen molar-refractivity contribution in [2.45, 2.75) is 45.3 Å². The molecule has 1 heterocycles. The smallest absolute Gasteiger partial charge is 0.225 e. The minimum atomic E-state index is 0.476. The van der Waals surface area contributed by atoms with Gasteiger partial charge in [0.2, 0.25) is 5.95 Å². The molecule has 0 bridgehead atoms. The highest BCUT2D eigenvalue weighted by Crippen LogP contribution is 2.29. The van der Waals surface area contributed by atoms with Crippen molar-refractivity contribution in [3.63, 3.8) is 0 Å². The summed E-state index contributed by atoms with van der Waals surface area (Å²) >= 11 is 0. The number of nitrogens with one attached hydrogen (secondary N) is 1. The molecule has 1 aliphatic carbocycles. The van der Waals surface area contributed by atoms with E-state index in [0.29, 0.717) is 12.1 Å². The Morgan fingerprint density at radius 1 is 1.37 bits per heavy atom. The van der Waals surface area contributed by atoms with Gasteiger partial charge in [0, 0.05) is 50.2 Å². The average Bonchev–Trinajstić information content (AvgIpc) is 3.23. The third-order valence-electron chi connectivity index (χ3n) is 3.19. The zero-order valence-corrected chi connectivity index (χ0v) is 12.1. The molecule has 0 atom stereocenters. The predicted octanol–water partition coefficient (Wildman–Crippen LogP) is 1.59. The van der Waals surface area contributed by atoms with Crippen LogP contribution in [0.25, 0.3) is 0 Å². The minimum absolute atomic E-state index is 0.476. The number of nitrogens with zero attached hydrogens (tertiary/aromatic N) is 3. The van der Waals surface area contributed by atoms with E-state index in [1.807, 2.05) is 12.4 Å². The van der Waals surface area contributed by atoms with Gasteiger partial charge in [0.05, 0.1) is 6.61 Å². The summed E-state index contributed by atoms with van der Waals surface area (Å²) in [5.74, 6) is 0.827. The Balaban J connectivity index is 1.95. The lowest BCUT2D eigenvalue weighted by molar-refractivity contribution is 0.204. The molecule has 1 aromatic heterocycles. The lowest BCUT2D eigenvalue weighted by atomic mass is 10.3. The summed E-state index contributed by atoms with van der Waals surface area (Å²) in [6.45, 7) is 6.67. The molecule has 0 unspecified atom stereocenters. The Hall–Kier alpha value is -1.20. The molecule has 5 heteroatoms. The molecule has 0 amide bonds. The van der Waals surface area contributed by atoms with E-state index in [4.69, 9.17) is 4.74 Å². The maximum absolute atomic E-state index is 5.15. The van der Waals surface area contributed by atoms with Crippen molar-refractivity contribution in [1.29, 1.82) is 0 Å². The largest absolute Gasteiger partial charge is 0.383 e. The van der Waals surface area contributed by atoms with Gasteiger partial charge in [0.1, 0.15) is 0 Å². The second-order valence-electron chi connectivity index (χ2n) is 5.34. The van der Waals surface area contributed by atoms with Gasteiger partial charge in [-0.05, 0) is 12.8 Å². The molecular formula is C14H24N4O. The fourth-order valence-electron chi connectivity index (χ4n) is 1.93. The summed E-state index contributed by atoms with van der Waals surface area (Å²) < 4.78 is 5.15. The zero-order chi connectivity index (χ0) is 13.7. The second-order valence-corrected chi connectivity index (χ2v) is 5.34. The molecular weight excluding hydrogens is 240 g/mol. The van der Waals surface area contributed by atoms with Gasteiger partial charge in [-0.1, -0.05) is 13.8 Å². The lowest BCUT2D eigenvalue weighted by Gasteiger charge is -2.21. The summed E-state index contributed by atoms with van der Waals surface area (Å²) in [5.41, 5.74) is 1.12. The van der Waals surface area contributed by atoms with Crippen LogP contribution in [0.15, 0.2) is 12.4 Å². The van der Waals surface area contributed by atoms with Crippen molar-refractivity contribution in [2.75, 3.05) is 25.2 Å². The first-order valence-electron chi connectivity index (χ1n) is 7.00. The Morgan fingerprint density at radius 3 is 2.58 bits per heavy atom. The van der Waals surface area contributed by atoms with Crippen molar-refractivity contribution in [3.05, 3.63) is 18.0 Å². The van der Waals surface area contributed by atoms with Crippen molar-refractivity contribution in [3.8, 4) is 0 Å². The van der Waals surface area contributed by atoms with E-state index in [2.05, 4.69) is 34.0 Å². The summed E-state index contributed by atoms with van der Waals surface area (Å²) in [7, 11) is 1.73. The number of aromatic nitrogens is 2. The van der Waals surface area contributed by atoms with Crippen LogP contribution < -0.4 is 10.2 Å². The Morgan fingerprint density at radius 2 is 2.05 bits per heavy atom. The first-order valence-corrected chi connectivity index (χ1v) is 7.00. The third kappa shape index (κ3) is 4.44. The molecule has 5 nitrogen and oxygen atoms in total. The van der Waals surface area contributed by atoms with Crippen LogP contribution in [-0.4, -0.2) is 42.3 Å². The van der Waals surface area contributed by atoms with E-state index in [9.17, 15) is 0 Å². The number of methoxy groups -OCH3 is 1. The molecule has 1 aromatic rings. The van der Waals surface area contributed by atoms with E-state index in [0.717, 1.165) is 31.2 Å². The standard InChI is InChI=1S/C14H24N4O/c1-11(2)15-8-12-9-16-14(17-10-12)18(6-7-19-3)13-4-5-13/h9-11,13,15H,4-8H2,1-3H3. The average molecular weight is 264 g/mol. The highest BCUT2D eigenvalue weighted by atomic mass is 16.5. The van der Waals surface area contributed by atoms with Crippen LogP contribution in [0, 0.1) is 0 Å². The van der Waals surface area contributed by atoms with Gasteiger partial charge >= 0.3 is 0 Å². The van der Waals surface area contributed by atoms with Crippen molar-refractivity contribution in [2.24, 2.45) is 0 Å². The van der Waals surface area contributed by atoms with Gasteiger partial charge in [-0.15, -0.1) is 0 Å². The van der Waals surface area contributed by atoms with Crippen LogP contribution >= 0.6 is 0 Å². The monoisotopic (exact) mass is 264 g/mol. The van der Waals surface area contributed by atoms with Crippen LogP contribution in [0.4, 0.5) is 5.95 Å². The first-order chi connectivity index (χ1) is 9.20. The van der Waals surface area contributed by atoms with Crippen molar-refractivity contribution < 1.29 is 4.74 Å². The SMILES string of the molecule is COCCN(c1ncc(CNC(C)C)cn1)C1CC1. The highest BCUT2D eigenvalue weighted by Gasteiger charge is 2.30. The topological polar surface area (TPSA) is 50.3 Å². The van der Waals surface area contributed by atoms with E-state index >= 15 is 0 Å². The molecule has 0 radical (unpaired) electrons. The van der Waals surface area contributed by atoms with Gasteiger partial charge in [-0.3, -0.25) is 0 Å². The predicted molar refractivity (Wildman–Crippen MR) is 76.3 cm³/mol. The Bertz CT molecular complexity index is 376. The van der Waals surface area contributed by atoms with Gasteiger partial charge in [0.25, 0.3) is 0 Å².